The third-order valence-electron chi connectivity index (χ3n) is 5.19. The first-order valence-electron chi connectivity index (χ1n) is 9.54. The number of halogens is 3. The Labute approximate surface area is 171 Å². The van der Waals surface area contributed by atoms with E-state index in [1.165, 1.54) is 24.3 Å². The summed E-state index contributed by atoms with van der Waals surface area (Å²) in [7, 11) is 0. The lowest BCUT2D eigenvalue weighted by Gasteiger charge is -2.15. The molecule has 0 aliphatic carbocycles. The van der Waals surface area contributed by atoms with Gasteiger partial charge in [-0.1, -0.05) is 13.8 Å². The molecular formula is C22H20F3NO4. The minimum atomic E-state index is -4.49. The van der Waals surface area contributed by atoms with Crippen molar-refractivity contribution in [2.75, 3.05) is 4.90 Å². The summed E-state index contributed by atoms with van der Waals surface area (Å²) in [6.45, 7) is 3.73. The molecule has 1 fully saturated rings. The van der Waals surface area contributed by atoms with Crippen LogP contribution in [0.3, 0.4) is 0 Å². The maximum atomic E-state index is 12.6. The zero-order valence-corrected chi connectivity index (χ0v) is 16.4. The van der Waals surface area contributed by atoms with E-state index in [9.17, 15) is 27.6 Å². The molecule has 0 bridgehead atoms. The van der Waals surface area contributed by atoms with Gasteiger partial charge in [0, 0.05) is 0 Å². The zero-order valence-electron chi connectivity index (χ0n) is 16.4. The van der Waals surface area contributed by atoms with Crippen LogP contribution in [0, 0.1) is 11.8 Å². The Bertz CT molecular complexity index is 930. The molecule has 0 N–H and O–H groups in total. The summed E-state index contributed by atoms with van der Waals surface area (Å²) in [5.74, 6) is -1.87. The van der Waals surface area contributed by atoms with Gasteiger partial charge in [-0.25, -0.2) is 4.79 Å². The van der Waals surface area contributed by atoms with Crippen LogP contribution in [0.2, 0.25) is 0 Å². The predicted molar refractivity (Wildman–Crippen MR) is 103 cm³/mol. The van der Waals surface area contributed by atoms with Gasteiger partial charge in [0.1, 0.15) is 5.75 Å². The van der Waals surface area contributed by atoms with Crippen molar-refractivity contribution in [3.63, 3.8) is 0 Å². The molecule has 1 aliphatic rings. The summed E-state index contributed by atoms with van der Waals surface area (Å²) >= 11 is 0. The lowest BCUT2D eigenvalue weighted by atomic mass is 9.91. The van der Waals surface area contributed by atoms with Gasteiger partial charge in [0.25, 0.3) is 0 Å². The van der Waals surface area contributed by atoms with Gasteiger partial charge in [0.2, 0.25) is 11.8 Å². The number of alkyl halides is 3. The quantitative estimate of drug-likeness (QED) is 0.395. The Morgan fingerprint density at radius 1 is 0.900 bits per heavy atom. The number of carbonyl (C=O) groups excluding carboxylic acids is 3. The van der Waals surface area contributed by atoms with Crippen molar-refractivity contribution in [3.05, 3.63) is 59.7 Å². The Morgan fingerprint density at radius 2 is 1.40 bits per heavy atom. The molecule has 1 aliphatic heterocycles. The van der Waals surface area contributed by atoms with E-state index in [-0.39, 0.29) is 35.0 Å². The first-order valence-corrected chi connectivity index (χ1v) is 9.54. The van der Waals surface area contributed by atoms with Crippen molar-refractivity contribution in [1.29, 1.82) is 0 Å². The molecule has 8 heteroatoms. The number of benzene rings is 2. The van der Waals surface area contributed by atoms with Crippen molar-refractivity contribution in [2.45, 2.75) is 32.9 Å². The van der Waals surface area contributed by atoms with Crippen LogP contribution < -0.4 is 9.64 Å². The summed E-state index contributed by atoms with van der Waals surface area (Å²) in [4.78, 5) is 38.5. The third-order valence-corrected chi connectivity index (χ3v) is 5.19. The molecule has 5 nitrogen and oxygen atoms in total. The first-order chi connectivity index (χ1) is 14.2. The molecule has 30 heavy (non-hydrogen) atoms. The smallest absolute Gasteiger partial charge is 0.416 e. The van der Waals surface area contributed by atoms with E-state index >= 15 is 0 Å². The van der Waals surface area contributed by atoms with Gasteiger partial charge >= 0.3 is 12.1 Å². The van der Waals surface area contributed by atoms with Crippen LogP contribution in [0.15, 0.2) is 48.5 Å². The second kappa shape index (κ2) is 8.30. The number of rotatable bonds is 5. The average Bonchev–Trinajstić information content (AvgIpc) is 2.96. The van der Waals surface area contributed by atoms with Crippen LogP contribution in [0.25, 0.3) is 0 Å². The maximum absolute atomic E-state index is 12.6. The van der Waals surface area contributed by atoms with Gasteiger partial charge < -0.3 is 4.74 Å². The summed E-state index contributed by atoms with van der Waals surface area (Å²) in [6, 6.07) is 9.53. The molecule has 0 aromatic heterocycles. The van der Waals surface area contributed by atoms with Crippen molar-refractivity contribution in [1.82, 2.24) is 0 Å². The van der Waals surface area contributed by atoms with Gasteiger partial charge in [0.05, 0.1) is 28.7 Å². The van der Waals surface area contributed by atoms with Crippen LogP contribution in [-0.2, 0) is 15.8 Å². The van der Waals surface area contributed by atoms with E-state index < -0.39 is 17.7 Å². The number of hydrogen-bond donors (Lipinski definition) is 0. The molecule has 2 atom stereocenters. The van der Waals surface area contributed by atoms with Crippen LogP contribution >= 0.6 is 0 Å². The van der Waals surface area contributed by atoms with Gasteiger partial charge in [-0.05, 0) is 61.4 Å². The summed E-state index contributed by atoms with van der Waals surface area (Å²) in [5, 5.41) is 0. The molecule has 2 aromatic rings. The van der Waals surface area contributed by atoms with Crippen LogP contribution in [0.5, 0.6) is 5.75 Å². The van der Waals surface area contributed by atoms with Crippen LogP contribution in [0.1, 0.15) is 42.6 Å². The minimum Gasteiger partial charge on any atom is -0.423 e. The van der Waals surface area contributed by atoms with Gasteiger partial charge in [-0.3, -0.25) is 14.5 Å². The van der Waals surface area contributed by atoms with Crippen LogP contribution in [-0.4, -0.2) is 17.8 Å². The average molecular weight is 419 g/mol. The van der Waals surface area contributed by atoms with E-state index in [4.69, 9.17) is 4.74 Å². The van der Waals surface area contributed by atoms with E-state index in [1.807, 2.05) is 13.8 Å². The fraction of sp³-hybridized carbons (Fsp3) is 0.318. The monoisotopic (exact) mass is 419 g/mol. The molecular weight excluding hydrogens is 399 g/mol. The van der Waals surface area contributed by atoms with E-state index in [0.717, 1.165) is 29.2 Å². The van der Waals surface area contributed by atoms with Crippen molar-refractivity contribution in [2.24, 2.45) is 11.8 Å². The van der Waals surface area contributed by atoms with Crippen LogP contribution in [0.4, 0.5) is 18.9 Å². The van der Waals surface area contributed by atoms with Gasteiger partial charge in [-0.15, -0.1) is 0 Å². The van der Waals surface area contributed by atoms with E-state index in [2.05, 4.69) is 0 Å². The molecule has 1 heterocycles. The lowest BCUT2D eigenvalue weighted by molar-refractivity contribution is -0.137. The van der Waals surface area contributed by atoms with Crippen molar-refractivity contribution < 1.29 is 32.3 Å². The second-order valence-electron chi connectivity index (χ2n) is 7.00. The molecule has 1 saturated heterocycles. The number of imide groups is 1. The molecule has 158 valence electrons. The zero-order chi connectivity index (χ0) is 22.1. The molecule has 0 radical (unpaired) electrons. The SMILES string of the molecule is CCC1C(=O)N(c2ccc(OC(=O)c3ccc(C(F)(F)F)cc3)cc2)C(=O)C1CC. The largest absolute Gasteiger partial charge is 0.423 e. The van der Waals surface area contributed by atoms with Crippen molar-refractivity contribution >= 4 is 23.5 Å². The molecule has 3 rings (SSSR count). The molecule has 2 unspecified atom stereocenters. The Balaban J connectivity index is 1.72. The lowest BCUT2D eigenvalue weighted by Crippen LogP contribution is -2.30. The second-order valence-corrected chi connectivity index (χ2v) is 7.00. The minimum absolute atomic E-state index is 0.0337. The number of ether oxygens (including phenoxy) is 1. The topological polar surface area (TPSA) is 63.7 Å². The number of nitrogens with zero attached hydrogens (tertiary/aromatic N) is 1. The number of carbonyl (C=O) groups is 3. The van der Waals surface area contributed by atoms with Gasteiger partial charge in [0.15, 0.2) is 0 Å². The Hall–Kier alpha value is -3.16. The fourth-order valence-corrected chi connectivity index (χ4v) is 3.58. The molecule has 0 spiro atoms. The third kappa shape index (κ3) is 4.08. The van der Waals surface area contributed by atoms with Gasteiger partial charge in [-0.2, -0.15) is 13.2 Å². The summed E-state index contributed by atoms with van der Waals surface area (Å²) in [6.07, 6.45) is -3.35. The summed E-state index contributed by atoms with van der Waals surface area (Å²) < 4.78 is 43.0. The normalized spacial score (nSPS) is 19.3. The van der Waals surface area contributed by atoms with E-state index in [1.54, 1.807) is 0 Å². The highest BCUT2D eigenvalue weighted by molar-refractivity contribution is 6.22. The first kappa shape index (κ1) is 21.5. The fourth-order valence-electron chi connectivity index (χ4n) is 3.58. The molecule has 2 aromatic carbocycles. The maximum Gasteiger partial charge on any atom is 0.416 e. The predicted octanol–water partition coefficient (Wildman–Crippen LogP) is 4.85. The van der Waals surface area contributed by atoms with E-state index in [0.29, 0.717) is 18.5 Å². The number of hydrogen-bond acceptors (Lipinski definition) is 4. The number of anilines is 1. The Morgan fingerprint density at radius 3 is 1.83 bits per heavy atom. The summed E-state index contributed by atoms with van der Waals surface area (Å²) in [5.41, 5.74) is -0.513. The number of amides is 2. The molecule has 2 amide bonds. The highest BCUT2D eigenvalue weighted by Gasteiger charge is 2.46. The number of esters is 1. The highest BCUT2D eigenvalue weighted by atomic mass is 19.4. The highest BCUT2D eigenvalue weighted by Crippen LogP contribution is 2.35. The molecule has 0 saturated carbocycles. The Kier molecular flexibility index (Phi) is 5.96. The van der Waals surface area contributed by atoms with Crippen molar-refractivity contribution in [3.8, 4) is 5.75 Å². The standard InChI is InChI=1S/C22H20F3NO4/c1-3-17-18(4-2)20(28)26(19(17)27)15-9-11-16(12-10-15)30-21(29)13-5-7-14(8-6-13)22(23,24)25/h5-12,17-18H,3-4H2,1-2H3.